The minimum atomic E-state index is -4.99. The summed E-state index contributed by atoms with van der Waals surface area (Å²) >= 11 is 0. The lowest BCUT2D eigenvalue weighted by atomic mass is 9.81. The number of rotatable bonds is 6. The highest BCUT2D eigenvalue weighted by Crippen LogP contribution is 2.36. The van der Waals surface area contributed by atoms with Gasteiger partial charge in [0.25, 0.3) is 5.91 Å². The molecule has 3 aromatic rings. The van der Waals surface area contributed by atoms with Crippen LogP contribution in [0.3, 0.4) is 0 Å². The van der Waals surface area contributed by atoms with E-state index in [0.29, 0.717) is 43.4 Å². The third-order valence-electron chi connectivity index (χ3n) is 7.15. The van der Waals surface area contributed by atoms with E-state index in [4.69, 9.17) is 0 Å². The summed E-state index contributed by atoms with van der Waals surface area (Å²) in [6.07, 6.45) is -8.51. The molecule has 1 saturated carbocycles. The number of benzene rings is 3. The van der Waals surface area contributed by atoms with Crippen molar-refractivity contribution in [1.82, 2.24) is 16.2 Å². The van der Waals surface area contributed by atoms with Gasteiger partial charge in [0.1, 0.15) is 0 Å². The third kappa shape index (κ3) is 7.77. The largest absolute Gasteiger partial charge is 0.416 e. The molecular weight excluding hydrogens is 552 g/mol. The Bertz CT molecular complexity index is 1390. The Kier molecular flexibility index (Phi) is 8.89. The van der Waals surface area contributed by atoms with Crippen molar-refractivity contribution in [3.05, 3.63) is 82.9 Å². The first kappa shape index (κ1) is 29.9. The summed E-state index contributed by atoms with van der Waals surface area (Å²) in [5.41, 5.74) is 2.00. The maximum absolute atomic E-state index is 13.1. The number of hydrogen-bond donors (Lipinski definition) is 3. The first-order valence-corrected chi connectivity index (χ1v) is 12.9. The molecule has 1 aliphatic carbocycles. The summed E-state index contributed by atoms with van der Waals surface area (Å²) < 4.78 is 78.3. The van der Waals surface area contributed by atoms with Crippen LogP contribution in [0.4, 0.5) is 26.3 Å². The molecule has 0 heterocycles. The second-order valence-corrected chi connectivity index (χ2v) is 10.1. The maximum atomic E-state index is 13.1. The maximum Gasteiger partial charge on any atom is 0.416 e. The van der Waals surface area contributed by atoms with Crippen LogP contribution in [0.1, 0.15) is 52.7 Å². The standard InChI is InChI=1S/C29H27F6N3O3/c30-28(31,32)21-12-18(13-22(15-21)29(33,34)35)14-25(39)36-16-17-8-10-20(11-9-17)26(40)37-38-27(41)24-7-3-5-19-4-1-2-6-23(19)24/h1-7,12-13,15,17,20H,8-11,14,16H2,(H,36,39)(H,37,40)(H,38,41). The molecule has 6 nitrogen and oxygen atoms in total. The molecule has 3 amide bonds. The highest BCUT2D eigenvalue weighted by atomic mass is 19.4. The monoisotopic (exact) mass is 579 g/mol. The molecule has 0 saturated heterocycles. The van der Waals surface area contributed by atoms with Crippen LogP contribution in [-0.4, -0.2) is 24.3 Å². The van der Waals surface area contributed by atoms with Gasteiger partial charge < -0.3 is 5.32 Å². The fourth-order valence-electron chi connectivity index (χ4n) is 4.97. The number of carbonyl (C=O) groups is 3. The molecule has 0 aliphatic heterocycles. The van der Waals surface area contributed by atoms with E-state index >= 15 is 0 Å². The van der Waals surface area contributed by atoms with Crippen molar-refractivity contribution in [2.45, 2.75) is 44.5 Å². The van der Waals surface area contributed by atoms with Gasteiger partial charge in [-0.15, -0.1) is 0 Å². The summed E-state index contributed by atoms with van der Waals surface area (Å²) in [4.78, 5) is 37.6. The molecule has 1 fully saturated rings. The summed E-state index contributed by atoms with van der Waals surface area (Å²) in [7, 11) is 0. The number of nitrogens with one attached hydrogen (secondary N) is 3. The molecule has 0 radical (unpaired) electrons. The van der Waals surface area contributed by atoms with Crippen molar-refractivity contribution < 1.29 is 40.7 Å². The summed E-state index contributed by atoms with van der Waals surface area (Å²) in [5, 5.41) is 4.21. The number of hydrogen-bond acceptors (Lipinski definition) is 3. The van der Waals surface area contributed by atoms with Gasteiger partial charge in [0.15, 0.2) is 0 Å². The van der Waals surface area contributed by atoms with E-state index in [1.807, 2.05) is 30.3 Å². The van der Waals surface area contributed by atoms with Gasteiger partial charge in [-0.3, -0.25) is 25.2 Å². The van der Waals surface area contributed by atoms with Crippen LogP contribution in [0.5, 0.6) is 0 Å². The molecule has 0 unspecified atom stereocenters. The van der Waals surface area contributed by atoms with Gasteiger partial charge in [-0.1, -0.05) is 36.4 Å². The molecule has 1 aliphatic rings. The Hall–Kier alpha value is -4.09. The minimum Gasteiger partial charge on any atom is -0.356 e. The van der Waals surface area contributed by atoms with Crippen LogP contribution in [0, 0.1) is 11.8 Å². The van der Waals surface area contributed by atoms with Gasteiger partial charge in [0.05, 0.1) is 17.5 Å². The van der Waals surface area contributed by atoms with Gasteiger partial charge in [-0.25, -0.2) is 0 Å². The lowest BCUT2D eigenvalue weighted by Crippen LogP contribution is -2.45. The van der Waals surface area contributed by atoms with Crippen molar-refractivity contribution in [3.8, 4) is 0 Å². The fourth-order valence-corrected chi connectivity index (χ4v) is 4.97. The molecule has 3 N–H and O–H groups in total. The lowest BCUT2D eigenvalue weighted by molar-refractivity contribution is -0.143. The summed E-state index contributed by atoms with van der Waals surface area (Å²) in [5.74, 6) is -1.87. The van der Waals surface area contributed by atoms with Crippen LogP contribution >= 0.6 is 0 Å². The van der Waals surface area contributed by atoms with Crippen molar-refractivity contribution >= 4 is 28.5 Å². The van der Waals surface area contributed by atoms with Gasteiger partial charge in [0.2, 0.25) is 11.8 Å². The van der Waals surface area contributed by atoms with Gasteiger partial charge >= 0.3 is 12.4 Å². The highest BCUT2D eigenvalue weighted by Gasteiger charge is 2.37. The first-order valence-electron chi connectivity index (χ1n) is 12.9. The zero-order chi connectivity index (χ0) is 29.8. The minimum absolute atomic E-state index is 0.0134. The van der Waals surface area contributed by atoms with E-state index in [1.54, 1.807) is 12.1 Å². The molecule has 0 spiro atoms. The topological polar surface area (TPSA) is 87.3 Å². The molecule has 41 heavy (non-hydrogen) atoms. The van der Waals surface area contributed by atoms with E-state index in [-0.39, 0.29) is 30.4 Å². The van der Waals surface area contributed by atoms with Crippen molar-refractivity contribution in [1.29, 1.82) is 0 Å². The number of alkyl halides is 6. The number of amides is 3. The van der Waals surface area contributed by atoms with Crippen LogP contribution in [0.2, 0.25) is 0 Å². The molecule has 0 atom stereocenters. The Morgan fingerprint density at radius 1 is 0.756 bits per heavy atom. The van der Waals surface area contributed by atoms with Gasteiger partial charge in [-0.2, -0.15) is 26.3 Å². The summed E-state index contributed by atoms with van der Waals surface area (Å²) in [6, 6.07) is 13.7. The van der Waals surface area contributed by atoms with Crippen molar-refractivity contribution in [2.24, 2.45) is 11.8 Å². The van der Waals surface area contributed by atoms with Crippen LogP contribution in [-0.2, 0) is 28.4 Å². The molecule has 0 aromatic heterocycles. The molecule has 218 valence electrons. The second-order valence-electron chi connectivity index (χ2n) is 10.1. The van der Waals surface area contributed by atoms with Crippen molar-refractivity contribution in [3.63, 3.8) is 0 Å². The molecule has 3 aromatic carbocycles. The third-order valence-corrected chi connectivity index (χ3v) is 7.15. The van der Waals surface area contributed by atoms with Crippen LogP contribution < -0.4 is 16.2 Å². The quantitative estimate of drug-likeness (QED) is 0.255. The first-order chi connectivity index (χ1) is 19.3. The van der Waals surface area contributed by atoms with Crippen molar-refractivity contribution in [2.75, 3.05) is 6.54 Å². The molecule has 12 heteroatoms. The van der Waals surface area contributed by atoms with E-state index in [1.165, 1.54) is 0 Å². The number of fused-ring (bicyclic) bond motifs is 1. The predicted octanol–water partition coefficient (Wildman–Crippen LogP) is 5.80. The Balaban J connectivity index is 1.23. The summed E-state index contributed by atoms with van der Waals surface area (Å²) in [6.45, 7) is 0.177. The predicted molar refractivity (Wildman–Crippen MR) is 138 cm³/mol. The average Bonchev–Trinajstić information content (AvgIpc) is 2.93. The second kappa shape index (κ2) is 12.2. The Labute approximate surface area is 231 Å². The molecule has 4 rings (SSSR count). The Morgan fingerprint density at radius 2 is 1.37 bits per heavy atom. The Morgan fingerprint density at radius 3 is 2.00 bits per heavy atom. The van der Waals surface area contributed by atoms with Crippen LogP contribution in [0.25, 0.3) is 10.8 Å². The van der Waals surface area contributed by atoms with Gasteiger partial charge in [0, 0.05) is 18.0 Å². The molecule has 0 bridgehead atoms. The number of hydrazine groups is 1. The highest BCUT2D eigenvalue weighted by molar-refractivity contribution is 6.07. The van der Waals surface area contributed by atoms with E-state index in [0.717, 1.165) is 10.8 Å². The fraction of sp³-hybridized carbons (Fsp3) is 0.345. The SMILES string of the molecule is O=C(Cc1cc(C(F)(F)F)cc(C(F)(F)F)c1)NCC1CCC(C(=O)NNC(=O)c2cccc3ccccc23)CC1. The lowest BCUT2D eigenvalue weighted by Gasteiger charge is -2.28. The van der Waals surface area contributed by atoms with E-state index in [9.17, 15) is 40.7 Å². The van der Waals surface area contributed by atoms with E-state index in [2.05, 4.69) is 16.2 Å². The normalized spacial score (nSPS) is 17.6. The average molecular weight is 580 g/mol. The number of halogens is 6. The number of carbonyl (C=O) groups excluding carboxylic acids is 3. The van der Waals surface area contributed by atoms with Crippen LogP contribution in [0.15, 0.2) is 60.7 Å². The van der Waals surface area contributed by atoms with Gasteiger partial charge in [-0.05, 0) is 72.2 Å². The molecular formula is C29H27F6N3O3. The smallest absolute Gasteiger partial charge is 0.356 e. The van der Waals surface area contributed by atoms with E-state index < -0.39 is 47.3 Å². The zero-order valence-corrected chi connectivity index (χ0v) is 21.7. The zero-order valence-electron chi connectivity index (χ0n) is 21.7.